The largest absolute Gasteiger partial charge is 0.490 e. The fraction of sp³-hybridized carbons (Fsp3) is 0.318. The van der Waals surface area contributed by atoms with Crippen LogP contribution in [0.5, 0.6) is 5.75 Å². The molecular formula is C22H22F2N6O2. The maximum Gasteiger partial charge on any atom is 0.217 e. The first-order chi connectivity index (χ1) is 15.4. The Kier molecular flexibility index (Phi) is 6.20. The first-order valence-electron chi connectivity index (χ1n) is 10.2. The van der Waals surface area contributed by atoms with Gasteiger partial charge in [0.25, 0.3) is 0 Å². The van der Waals surface area contributed by atoms with Crippen molar-refractivity contribution in [2.24, 2.45) is 5.73 Å². The minimum Gasteiger partial charge on any atom is -0.490 e. The van der Waals surface area contributed by atoms with E-state index in [9.17, 15) is 13.6 Å². The minimum atomic E-state index is -1.06. The lowest BCUT2D eigenvalue weighted by molar-refractivity contribution is -0.118. The van der Waals surface area contributed by atoms with E-state index in [2.05, 4.69) is 19.9 Å². The highest BCUT2D eigenvalue weighted by molar-refractivity contribution is 5.73. The Morgan fingerprint density at radius 2 is 2.00 bits per heavy atom. The van der Waals surface area contributed by atoms with Crippen LogP contribution in [0.2, 0.25) is 0 Å². The number of carbonyl (C=O) groups excluding carboxylic acids is 1. The van der Waals surface area contributed by atoms with Gasteiger partial charge in [0, 0.05) is 61.4 Å². The van der Waals surface area contributed by atoms with Crippen LogP contribution in [0, 0.1) is 11.6 Å². The molecule has 0 radical (unpaired) electrons. The minimum absolute atomic E-state index is 0.0549. The topological polar surface area (TPSA) is 107 Å². The molecule has 8 nitrogen and oxygen atoms in total. The van der Waals surface area contributed by atoms with Crippen molar-refractivity contribution in [3.8, 4) is 17.4 Å². The molecule has 2 aromatic heterocycles. The number of rotatable bonds is 7. The number of halogens is 2. The number of amides is 1. The number of fused-ring (bicyclic) bond motifs is 1. The summed E-state index contributed by atoms with van der Waals surface area (Å²) in [6.45, 7) is 2.56. The Morgan fingerprint density at radius 3 is 2.75 bits per heavy atom. The molecule has 1 amide bonds. The Morgan fingerprint density at radius 1 is 1.22 bits per heavy atom. The van der Waals surface area contributed by atoms with Gasteiger partial charge in [-0.15, -0.1) is 0 Å². The number of carbonyl (C=O) groups is 1. The van der Waals surface area contributed by atoms with E-state index >= 15 is 0 Å². The zero-order valence-corrected chi connectivity index (χ0v) is 17.5. The zero-order valence-electron chi connectivity index (χ0n) is 17.5. The third-order valence-electron chi connectivity index (χ3n) is 5.31. The molecule has 0 saturated heterocycles. The van der Waals surface area contributed by atoms with Crippen LogP contribution >= 0.6 is 0 Å². The van der Waals surface area contributed by atoms with Gasteiger partial charge in [-0.25, -0.2) is 24.3 Å². The van der Waals surface area contributed by atoms with Crippen LogP contribution in [0.3, 0.4) is 0 Å². The van der Waals surface area contributed by atoms with E-state index < -0.39 is 17.5 Å². The molecule has 0 saturated carbocycles. The summed E-state index contributed by atoms with van der Waals surface area (Å²) in [6, 6.07) is 4.17. The van der Waals surface area contributed by atoms with Crippen molar-refractivity contribution in [1.29, 1.82) is 0 Å². The van der Waals surface area contributed by atoms with Gasteiger partial charge in [-0.2, -0.15) is 4.39 Å². The fourth-order valence-electron chi connectivity index (χ4n) is 3.69. The van der Waals surface area contributed by atoms with Gasteiger partial charge in [-0.05, 0) is 19.4 Å². The second-order valence-corrected chi connectivity index (χ2v) is 7.45. The first-order valence-corrected chi connectivity index (χ1v) is 10.2. The summed E-state index contributed by atoms with van der Waals surface area (Å²) >= 11 is 0. The molecule has 3 heterocycles. The van der Waals surface area contributed by atoms with Crippen molar-refractivity contribution >= 4 is 11.6 Å². The maximum absolute atomic E-state index is 14.3. The van der Waals surface area contributed by atoms with E-state index in [1.165, 1.54) is 6.07 Å². The zero-order chi connectivity index (χ0) is 22.7. The summed E-state index contributed by atoms with van der Waals surface area (Å²) in [5.74, 6) is -1.84. The van der Waals surface area contributed by atoms with Gasteiger partial charge >= 0.3 is 0 Å². The third-order valence-corrected chi connectivity index (χ3v) is 5.31. The Labute approximate surface area is 183 Å². The molecule has 0 bridgehead atoms. The lowest BCUT2D eigenvalue weighted by Crippen LogP contribution is -2.35. The Bertz CT molecular complexity index is 1130. The molecule has 1 aliphatic heterocycles. The van der Waals surface area contributed by atoms with Gasteiger partial charge < -0.3 is 15.4 Å². The second-order valence-electron chi connectivity index (χ2n) is 7.45. The molecule has 1 unspecified atom stereocenters. The first kappa shape index (κ1) is 21.5. The number of nitrogens with two attached hydrogens (primary N) is 1. The standard InChI is InChI=1S/C22H22F2N6O2/c1-13-15-12-28-22(21-26-6-3-7-27-21)29-17(15)5-8-30(13)14-10-16(23)20(24)18(11-14)32-9-2-4-19(25)31/h3,6-7,10-13H,2,4-5,8-9H2,1H3,(H2,25,31). The highest BCUT2D eigenvalue weighted by atomic mass is 19.2. The lowest BCUT2D eigenvalue weighted by atomic mass is 9.98. The SMILES string of the molecule is CC1c2cnc(-c3ncccn3)nc2CCN1c1cc(F)c(F)c(OCCCC(N)=O)c1. The average Bonchev–Trinajstić information content (AvgIpc) is 2.79. The smallest absolute Gasteiger partial charge is 0.217 e. The number of hydrogen-bond donors (Lipinski definition) is 1. The molecule has 1 aromatic carbocycles. The summed E-state index contributed by atoms with van der Waals surface area (Å²) < 4.78 is 33.9. The van der Waals surface area contributed by atoms with Gasteiger partial charge in [0.1, 0.15) is 0 Å². The summed E-state index contributed by atoms with van der Waals surface area (Å²) in [7, 11) is 0. The molecule has 0 spiro atoms. The molecular weight excluding hydrogens is 418 g/mol. The summed E-state index contributed by atoms with van der Waals surface area (Å²) in [4.78, 5) is 30.2. The predicted molar refractivity (Wildman–Crippen MR) is 113 cm³/mol. The molecule has 0 aliphatic carbocycles. The Hall–Kier alpha value is -3.69. The molecule has 2 N–H and O–H groups in total. The van der Waals surface area contributed by atoms with Crippen LogP contribution in [0.15, 0.2) is 36.8 Å². The van der Waals surface area contributed by atoms with E-state index in [-0.39, 0.29) is 24.8 Å². The van der Waals surface area contributed by atoms with Gasteiger partial charge in [0.05, 0.1) is 18.3 Å². The van der Waals surface area contributed by atoms with Crippen LogP contribution in [0.25, 0.3) is 11.6 Å². The number of nitrogens with zero attached hydrogens (tertiary/aromatic N) is 5. The molecule has 4 rings (SSSR count). The normalized spacial score (nSPS) is 15.3. The average molecular weight is 440 g/mol. The molecule has 0 fully saturated rings. The van der Waals surface area contributed by atoms with E-state index in [0.29, 0.717) is 36.7 Å². The van der Waals surface area contributed by atoms with E-state index in [1.807, 2.05) is 11.8 Å². The monoisotopic (exact) mass is 440 g/mol. The molecule has 3 aromatic rings. The van der Waals surface area contributed by atoms with Crippen LogP contribution < -0.4 is 15.4 Å². The second kappa shape index (κ2) is 9.21. The quantitative estimate of drug-likeness (QED) is 0.563. The van der Waals surface area contributed by atoms with Crippen molar-refractivity contribution < 1.29 is 18.3 Å². The number of ether oxygens (including phenoxy) is 1. The molecule has 1 aliphatic rings. The molecule has 1 atom stereocenters. The van der Waals surface area contributed by atoms with Crippen LogP contribution in [0.4, 0.5) is 14.5 Å². The van der Waals surface area contributed by atoms with Gasteiger partial charge in [-0.3, -0.25) is 4.79 Å². The summed E-state index contributed by atoms with van der Waals surface area (Å²) in [5, 5.41) is 0. The van der Waals surface area contributed by atoms with Gasteiger partial charge in [0.15, 0.2) is 23.2 Å². The van der Waals surface area contributed by atoms with Crippen LogP contribution in [0.1, 0.15) is 37.1 Å². The predicted octanol–water partition coefficient (Wildman–Crippen LogP) is 2.98. The van der Waals surface area contributed by atoms with E-state index in [0.717, 1.165) is 17.3 Å². The summed E-state index contributed by atoms with van der Waals surface area (Å²) in [5.41, 5.74) is 7.35. The van der Waals surface area contributed by atoms with Gasteiger partial charge in [0.2, 0.25) is 11.7 Å². The number of benzene rings is 1. The highest BCUT2D eigenvalue weighted by Crippen LogP contribution is 2.36. The van der Waals surface area contributed by atoms with Crippen molar-refractivity contribution in [3.63, 3.8) is 0 Å². The van der Waals surface area contributed by atoms with Crippen molar-refractivity contribution in [2.75, 3.05) is 18.1 Å². The van der Waals surface area contributed by atoms with Crippen molar-refractivity contribution in [1.82, 2.24) is 19.9 Å². The van der Waals surface area contributed by atoms with E-state index in [1.54, 1.807) is 24.7 Å². The Balaban J connectivity index is 1.56. The third kappa shape index (κ3) is 4.48. The number of anilines is 1. The van der Waals surface area contributed by atoms with Crippen molar-refractivity contribution in [2.45, 2.75) is 32.2 Å². The van der Waals surface area contributed by atoms with Gasteiger partial charge in [-0.1, -0.05) is 0 Å². The summed E-state index contributed by atoms with van der Waals surface area (Å²) in [6.07, 6.45) is 6.01. The number of aromatic nitrogens is 4. The lowest BCUT2D eigenvalue weighted by Gasteiger charge is -2.36. The molecule has 32 heavy (non-hydrogen) atoms. The fourth-order valence-corrected chi connectivity index (χ4v) is 3.69. The van der Waals surface area contributed by atoms with Crippen molar-refractivity contribution in [3.05, 3.63) is 59.7 Å². The van der Waals surface area contributed by atoms with E-state index in [4.69, 9.17) is 10.5 Å². The molecule has 10 heteroatoms. The highest BCUT2D eigenvalue weighted by Gasteiger charge is 2.28. The molecule has 166 valence electrons. The number of primary amides is 1. The van der Waals surface area contributed by atoms with Crippen LogP contribution in [-0.2, 0) is 11.2 Å². The maximum atomic E-state index is 14.3. The number of hydrogen-bond acceptors (Lipinski definition) is 7. The van der Waals surface area contributed by atoms with Crippen LogP contribution in [-0.4, -0.2) is 39.0 Å².